The van der Waals surface area contributed by atoms with Crippen molar-refractivity contribution in [1.29, 1.82) is 0 Å². The molecule has 0 aliphatic carbocycles. The van der Waals surface area contributed by atoms with Crippen molar-refractivity contribution in [3.8, 4) is 16.3 Å². The molecule has 2 heterocycles. The van der Waals surface area contributed by atoms with Crippen molar-refractivity contribution < 1.29 is 9.53 Å². The number of rotatable bonds is 5. The van der Waals surface area contributed by atoms with Gasteiger partial charge in [0.05, 0.1) is 37.7 Å². The van der Waals surface area contributed by atoms with E-state index in [0.29, 0.717) is 23.6 Å². The fourth-order valence-corrected chi connectivity index (χ4v) is 4.33. The summed E-state index contributed by atoms with van der Waals surface area (Å²) >= 11 is 5.08. The number of amides is 1. The highest BCUT2D eigenvalue weighted by molar-refractivity contribution is 9.11. The van der Waals surface area contributed by atoms with E-state index in [2.05, 4.69) is 21.2 Å². The van der Waals surface area contributed by atoms with Gasteiger partial charge in [-0.1, -0.05) is 30.3 Å². The average Bonchev–Trinajstić information content (AvgIpc) is 3.15. The lowest BCUT2D eigenvalue weighted by molar-refractivity contribution is 0.102. The molecule has 4 nitrogen and oxygen atoms in total. The number of benzene rings is 2. The first-order chi connectivity index (χ1) is 13.7. The number of fused-ring (bicyclic) bond motifs is 1. The zero-order valence-electron chi connectivity index (χ0n) is 15.1. The largest absolute Gasteiger partial charge is 0.492 e. The molecule has 0 bridgehead atoms. The van der Waals surface area contributed by atoms with Gasteiger partial charge in [0.25, 0.3) is 5.91 Å². The summed E-state index contributed by atoms with van der Waals surface area (Å²) in [5, 5.41) is 3.80. The van der Waals surface area contributed by atoms with Crippen molar-refractivity contribution >= 4 is 49.8 Å². The molecule has 140 valence electrons. The first-order valence-electron chi connectivity index (χ1n) is 8.84. The molecule has 0 saturated carbocycles. The lowest BCUT2D eigenvalue weighted by Crippen LogP contribution is -2.14. The van der Waals surface area contributed by atoms with Gasteiger partial charge in [0.15, 0.2) is 0 Å². The summed E-state index contributed by atoms with van der Waals surface area (Å²) in [6, 6.07) is 20.9. The van der Waals surface area contributed by atoms with Gasteiger partial charge in [0.2, 0.25) is 0 Å². The molecule has 6 heteroatoms. The van der Waals surface area contributed by atoms with E-state index in [1.165, 1.54) is 0 Å². The van der Waals surface area contributed by atoms with E-state index >= 15 is 0 Å². The van der Waals surface area contributed by atoms with E-state index in [-0.39, 0.29) is 5.91 Å². The van der Waals surface area contributed by atoms with Crippen molar-refractivity contribution in [1.82, 2.24) is 4.98 Å². The Hall–Kier alpha value is -2.70. The summed E-state index contributed by atoms with van der Waals surface area (Å²) in [5.74, 6) is 0.460. The second-order valence-corrected chi connectivity index (χ2v) is 8.52. The maximum atomic E-state index is 13.2. The number of nitrogens with one attached hydrogen (secondary N) is 1. The molecular formula is C22H17BrN2O2S. The molecule has 0 aliphatic heterocycles. The van der Waals surface area contributed by atoms with Crippen LogP contribution in [-0.2, 0) is 0 Å². The third-order valence-electron chi connectivity index (χ3n) is 4.22. The topological polar surface area (TPSA) is 51.2 Å². The zero-order chi connectivity index (χ0) is 19.5. The highest BCUT2D eigenvalue weighted by Crippen LogP contribution is 2.33. The number of aromatic nitrogens is 1. The first-order valence-corrected chi connectivity index (χ1v) is 10.5. The number of carbonyl (C=O) groups excluding carboxylic acids is 1. The van der Waals surface area contributed by atoms with Crippen LogP contribution in [0.5, 0.6) is 5.75 Å². The Morgan fingerprint density at radius 1 is 1.11 bits per heavy atom. The Balaban J connectivity index is 1.78. The maximum absolute atomic E-state index is 13.2. The normalized spacial score (nSPS) is 10.8. The lowest BCUT2D eigenvalue weighted by atomic mass is 10.1. The number of para-hydroxylation sites is 3. The van der Waals surface area contributed by atoms with Crippen LogP contribution >= 0.6 is 27.3 Å². The van der Waals surface area contributed by atoms with Gasteiger partial charge in [-0.15, -0.1) is 11.3 Å². The van der Waals surface area contributed by atoms with Crippen molar-refractivity contribution in [2.45, 2.75) is 6.92 Å². The predicted octanol–water partition coefficient (Wildman–Crippen LogP) is 6.38. The second kappa shape index (κ2) is 8.12. The third-order valence-corrected chi connectivity index (χ3v) is 5.87. The number of ether oxygens (including phenoxy) is 1. The molecule has 4 rings (SSSR count). The lowest BCUT2D eigenvalue weighted by Gasteiger charge is -2.13. The van der Waals surface area contributed by atoms with Crippen LogP contribution in [0.3, 0.4) is 0 Å². The molecule has 2 aromatic carbocycles. The van der Waals surface area contributed by atoms with Crippen molar-refractivity contribution in [3.05, 3.63) is 76.1 Å². The van der Waals surface area contributed by atoms with Gasteiger partial charge in [0.1, 0.15) is 5.75 Å². The Bertz CT molecular complexity index is 1160. The van der Waals surface area contributed by atoms with Crippen LogP contribution in [0.25, 0.3) is 21.5 Å². The van der Waals surface area contributed by atoms with Crippen molar-refractivity contribution in [2.24, 2.45) is 0 Å². The van der Waals surface area contributed by atoms with Gasteiger partial charge in [-0.05, 0) is 59.3 Å². The number of hydrogen-bond donors (Lipinski definition) is 1. The predicted molar refractivity (Wildman–Crippen MR) is 118 cm³/mol. The highest BCUT2D eigenvalue weighted by atomic mass is 79.9. The van der Waals surface area contributed by atoms with Crippen molar-refractivity contribution in [2.75, 3.05) is 11.9 Å². The van der Waals surface area contributed by atoms with Gasteiger partial charge in [-0.25, -0.2) is 4.98 Å². The van der Waals surface area contributed by atoms with Crippen LogP contribution in [0.2, 0.25) is 0 Å². The number of thiophene rings is 1. The molecule has 1 amide bonds. The third kappa shape index (κ3) is 3.79. The van der Waals surface area contributed by atoms with Crippen LogP contribution in [0.15, 0.2) is 70.5 Å². The SMILES string of the molecule is CCOc1ccccc1NC(=O)c1cc(-c2ccc(Br)s2)nc2ccccc12. The number of nitrogens with zero attached hydrogens (tertiary/aromatic N) is 1. The molecular weight excluding hydrogens is 436 g/mol. The summed E-state index contributed by atoms with van der Waals surface area (Å²) < 4.78 is 6.65. The smallest absolute Gasteiger partial charge is 0.256 e. The van der Waals surface area contributed by atoms with Crippen LogP contribution < -0.4 is 10.1 Å². The minimum absolute atomic E-state index is 0.192. The number of hydrogen-bond acceptors (Lipinski definition) is 4. The van der Waals surface area contributed by atoms with Gasteiger partial charge < -0.3 is 10.1 Å². The number of halogens is 1. The summed E-state index contributed by atoms with van der Waals surface area (Å²) in [7, 11) is 0. The zero-order valence-corrected chi connectivity index (χ0v) is 17.5. The van der Waals surface area contributed by atoms with E-state index in [0.717, 1.165) is 25.3 Å². The number of pyridine rings is 1. The fraction of sp³-hybridized carbons (Fsp3) is 0.0909. The van der Waals surface area contributed by atoms with E-state index in [1.54, 1.807) is 11.3 Å². The van der Waals surface area contributed by atoms with E-state index in [1.807, 2.05) is 73.7 Å². The van der Waals surface area contributed by atoms with Crippen LogP contribution in [0, 0.1) is 0 Å². The molecule has 28 heavy (non-hydrogen) atoms. The Kier molecular flexibility index (Phi) is 5.41. The summed E-state index contributed by atoms with van der Waals surface area (Å²) in [5.41, 5.74) is 2.79. The molecule has 0 saturated heterocycles. The first kappa shape index (κ1) is 18.7. The molecule has 0 aliphatic rings. The second-order valence-electron chi connectivity index (χ2n) is 6.06. The summed E-state index contributed by atoms with van der Waals surface area (Å²) in [6.07, 6.45) is 0. The van der Waals surface area contributed by atoms with Gasteiger partial charge >= 0.3 is 0 Å². The molecule has 4 aromatic rings. The molecule has 0 radical (unpaired) electrons. The molecule has 2 aromatic heterocycles. The Labute approximate surface area is 175 Å². The average molecular weight is 453 g/mol. The fourth-order valence-electron chi connectivity index (χ4n) is 2.98. The Morgan fingerprint density at radius 3 is 2.68 bits per heavy atom. The minimum atomic E-state index is -0.192. The van der Waals surface area contributed by atoms with Crippen LogP contribution in [-0.4, -0.2) is 17.5 Å². The number of carbonyl (C=O) groups is 1. The van der Waals surface area contributed by atoms with E-state index in [4.69, 9.17) is 9.72 Å². The van der Waals surface area contributed by atoms with E-state index < -0.39 is 0 Å². The van der Waals surface area contributed by atoms with Crippen LogP contribution in [0.4, 0.5) is 5.69 Å². The monoisotopic (exact) mass is 452 g/mol. The van der Waals surface area contributed by atoms with Crippen LogP contribution in [0.1, 0.15) is 17.3 Å². The number of anilines is 1. The van der Waals surface area contributed by atoms with Gasteiger partial charge in [0, 0.05) is 5.39 Å². The van der Waals surface area contributed by atoms with E-state index in [9.17, 15) is 4.79 Å². The molecule has 0 atom stereocenters. The molecule has 0 unspecified atom stereocenters. The minimum Gasteiger partial charge on any atom is -0.492 e. The standard InChI is InChI=1S/C22H17BrN2O2S/c1-2-27-19-10-6-5-9-17(19)25-22(26)15-13-18(20-11-12-21(23)28-20)24-16-8-4-3-7-14(15)16/h3-13H,2H2,1H3,(H,25,26). The van der Waals surface area contributed by atoms with Gasteiger partial charge in [-0.3, -0.25) is 4.79 Å². The Morgan fingerprint density at radius 2 is 1.89 bits per heavy atom. The highest BCUT2D eigenvalue weighted by Gasteiger charge is 2.16. The summed E-state index contributed by atoms with van der Waals surface area (Å²) in [4.78, 5) is 18.9. The molecule has 1 N–H and O–H groups in total. The summed E-state index contributed by atoms with van der Waals surface area (Å²) in [6.45, 7) is 2.45. The molecule has 0 spiro atoms. The maximum Gasteiger partial charge on any atom is 0.256 e. The quantitative estimate of drug-likeness (QED) is 0.382. The van der Waals surface area contributed by atoms with Crippen molar-refractivity contribution in [3.63, 3.8) is 0 Å². The molecule has 0 fully saturated rings. The van der Waals surface area contributed by atoms with Gasteiger partial charge in [-0.2, -0.15) is 0 Å².